The van der Waals surface area contributed by atoms with Gasteiger partial charge in [-0.25, -0.2) is 4.79 Å². The number of fused-ring (bicyclic) bond motifs is 3. The van der Waals surface area contributed by atoms with Crippen molar-refractivity contribution in [1.82, 2.24) is 20.2 Å². The molecular weight excluding hydrogens is 506 g/mol. The second-order valence-corrected chi connectivity index (χ2v) is 10.1. The van der Waals surface area contributed by atoms with Crippen LogP contribution in [0.25, 0.3) is 11.3 Å². The summed E-state index contributed by atoms with van der Waals surface area (Å²) in [5.74, 6) is 7.00. The maximum atomic E-state index is 13.0. The number of hydrogen-bond donors (Lipinski definition) is 4. The number of benzene rings is 1. The predicted octanol–water partition coefficient (Wildman–Crippen LogP) is 4.65. The van der Waals surface area contributed by atoms with Gasteiger partial charge in [-0.2, -0.15) is 0 Å². The molecule has 1 aromatic carbocycles. The van der Waals surface area contributed by atoms with E-state index in [0.29, 0.717) is 51.9 Å². The van der Waals surface area contributed by atoms with Crippen LogP contribution in [0.15, 0.2) is 36.7 Å². The molecule has 3 aromatic rings. The first-order chi connectivity index (χ1) is 18.5. The molecule has 1 saturated heterocycles. The lowest BCUT2D eigenvalue weighted by Crippen LogP contribution is -2.43. The molecule has 2 amide bonds. The van der Waals surface area contributed by atoms with Gasteiger partial charge in [-0.1, -0.05) is 29.5 Å². The SMILES string of the molecule is COc1c(Cl)cccc1Nc1c(-c2ccncc2C#C[C@H]2[C@@H]3CC[C@@H](C3)N2C(=O)O)[nH]c2c1C(=O)NCC2. The fourth-order valence-electron chi connectivity index (χ4n) is 5.97. The second-order valence-electron chi connectivity index (χ2n) is 9.73. The lowest BCUT2D eigenvalue weighted by atomic mass is 9.98. The Hall–Kier alpha value is -4.16. The van der Waals surface area contributed by atoms with Gasteiger partial charge in [0.25, 0.3) is 5.91 Å². The molecule has 3 atom stereocenters. The van der Waals surface area contributed by atoms with Gasteiger partial charge in [0.2, 0.25) is 0 Å². The van der Waals surface area contributed by atoms with Crippen LogP contribution in [0.1, 0.15) is 40.9 Å². The number of halogens is 1. The van der Waals surface area contributed by atoms with Crippen molar-refractivity contribution in [2.75, 3.05) is 19.0 Å². The molecule has 38 heavy (non-hydrogen) atoms. The average Bonchev–Trinajstić information content (AvgIpc) is 3.62. The summed E-state index contributed by atoms with van der Waals surface area (Å²) < 4.78 is 5.52. The topological polar surface area (TPSA) is 120 Å². The molecule has 194 valence electrons. The number of ether oxygens (including phenoxy) is 1. The van der Waals surface area contributed by atoms with Gasteiger partial charge in [-0.05, 0) is 43.4 Å². The summed E-state index contributed by atoms with van der Waals surface area (Å²) >= 11 is 6.36. The number of likely N-dealkylation sites (tertiary alicyclic amines) is 1. The zero-order valence-electron chi connectivity index (χ0n) is 20.7. The number of aromatic nitrogens is 2. The van der Waals surface area contributed by atoms with Crippen molar-refractivity contribution < 1.29 is 19.4 Å². The fraction of sp³-hybridized carbons (Fsp3) is 0.321. The van der Waals surface area contributed by atoms with E-state index in [1.54, 1.807) is 31.6 Å². The van der Waals surface area contributed by atoms with Gasteiger partial charge in [-0.15, -0.1) is 0 Å². The lowest BCUT2D eigenvalue weighted by Gasteiger charge is -2.29. The largest absolute Gasteiger partial charge is 0.493 e. The molecule has 0 spiro atoms. The number of nitrogens with zero attached hydrogens (tertiary/aromatic N) is 2. The number of anilines is 2. The number of piperidine rings is 1. The minimum Gasteiger partial charge on any atom is -0.493 e. The normalized spacial score (nSPS) is 21.4. The number of pyridine rings is 1. The van der Waals surface area contributed by atoms with Crippen LogP contribution in [0.3, 0.4) is 0 Å². The number of carbonyl (C=O) groups excluding carboxylic acids is 1. The standard InChI is InChI=1S/C28H26ClN5O4/c1-38-26-19(29)3-2-4-21(26)33-25-23-20(10-12-31-27(23)35)32-24(25)18-9-11-30-14-16(18)6-8-22-15-5-7-17(13-15)34(22)28(36)37/h2-4,9,11,14-15,17,22,32-33H,5,7,10,12-13H2,1H3,(H,31,35)(H,36,37)/t15-,17+,22+/m1/s1. The highest BCUT2D eigenvalue weighted by Gasteiger charge is 2.47. The first-order valence-corrected chi connectivity index (χ1v) is 12.9. The van der Waals surface area contributed by atoms with Crippen molar-refractivity contribution in [3.8, 4) is 28.8 Å². The van der Waals surface area contributed by atoms with Crippen LogP contribution >= 0.6 is 11.6 Å². The van der Waals surface area contributed by atoms with Gasteiger partial charge >= 0.3 is 6.09 Å². The number of carboxylic acid groups (broad SMARTS) is 1. The molecule has 9 nitrogen and oxygen atoms in total. The van der Waals surface area contributed by atoms with Gasteiger partial charge in [0.1, 0.15) is 0 Å². The molecule has 4 heterocycles. The Morgan fingerprint density at radius 3 is 3.00 bits per heavy atom. The monoisotopic (exact) mass is 531 g/mol. The summed E-state index contributed by atoms with van der Waals surface area (Å²) in [6, 6.07) is 6.92. The number of H-pyrrole nitrogens is 1. The van der Waals surface area contributed by atoms with Crippen LogP contribution in [0.5, 0.6) is 5.75 Å². The molecular formula is C28H26ClN5O4. The Bertz CT molecular complexity index is 1510. The minimum atomic E-state index is -0.923. The molecule has 2 aliphatic heterocycles. The van der Waals surface area contributed by atoms with E-state index in [1.165, 1.54) is 4.90 Å². The number of amides is 2. The van der Waals surface area contributed by atoms with E-state index in [-0.39, 0.29) is 23.9 Å². The zero-order chi connectivity index (χ0) is 26.4. The Morgan fingerprint density at radius 2 is 2.18 bits per heavy atom. The predicted molar refractivity (Wildman–Crippen MR) is 143 cm³/mol. The first kappa shape index (κ1) is 24.2. The van der Waals surface area contributed by atoms with Crippen molar-refractivity contribution in [1.29, 1.82) is 0 Å². The zero-order valence-corrected chi connectivity index (χ0v) is 21.4. The van der Waals surface area contributed by atoms with Gasteiger partial charge in [0.15, 0.2) is 5.75 Å². The molecule has 3 aliphatic rings. The van der Waals surface area contributed by atoms with Gasteiger partial charge in [0.05, 0.1) is 46.4 Å². The maximum absolute atomic E-state index is 13.0. The summed E-state index contributed by atoms with van der Waals surface area (Å²) in [5, 5.41) is 16.5. The highest BCUT2D eigenvalue weighted by molar-refractivity contribution is 6.32. The Kier molecular flexibility index (Phi) is 6.12. The summed E-state index contributed by atoms with van der Waals surface area (Å²) in [5.41, 5.74) is 4.61. The van der Waals surface area contributed by atoms with E-state index in [4.69, 9.17) is 16.3 Å². The summed E-state index contributed by atoms with van der Waals surface area (Å²) in [6.45, 7) is 0.532. The average molecular weight is 532 g/mol. The minimum absolute atomic E-state index is 0.0438. The molecule has 0 radical (unpaired) electrons. The quantitative estimate of drug-likeness (QED) is 0.364. The third-order valence-electron chi connectivity index (χ3n) is 7.65. The van der Waals surface area contributed by atoms with Crippen LogP contribution < -0.4 is 15.4 Å². The number of hydrogen-bond acceptors (Lipinski definition) is 5. The van der Waals surface area contributed by atoms with Gasteiger partial charge in [0, 0.05) is 42.7 Å². The third kappa shape index (κ3) is 4.02. The summed E-state index contributed by atoms with van der Waals surface area (Å²) in [4.78, 5) is 34.1. The number of aromatic amines is 1. The van der Waals surface area contributed by atoms with E-state index >= 15 is 0 Å². The van der Waals surface area contributed by atoms with Crippen molar-refractivity contribution in [2.45, 2.75) is 37.8 Å². The van der Waals surface area contributed by atoms with Crippen LogP contribution in [0.4, 0.5) is 16.2 Å². The lowest BCUT2D eigenvalue weighted by molar-refractivity contribution is 0.0946. The summed E-state index contributed by atoms with van der Waals surface area (Å²) in [7, 11) is 1.54. The van der Waals surface area contributed by atoms with Crippen molar-refractivity contribution in [2.24, 2.45) is 5.92 Å². The molecule has 2 fully saturated rings. The number of methoxy groups -OCH3 is 1. The number of para-hydroxylation sites is 1. The van der Waals surface area contributed by atoms with E-state index < -0.39 is 6.09 Å². The Balaban J connectivity index is 1.45. The highest BCUT2D eigenvalue weighted by atomic mass is 35.5. The second kappa shape index (κ2) is 9.62. The first-order valence-electron chi connectivity index (χ1n) is 12.6. The van der Waals surface area contributed by atoms with E-state index in [2.05, 4.69) is 32.4 Å². The molecule has 2 bridgehead atoms. The Labute approximate surface area is 224 Å². The number of nitrogens with one attached hydrogen (secondary N) is 3. The summed E-state index contributed by atoms with van der Waals surface area (Å²) in [6.07, 6.45) is 5.81. The molecule has 6 rings (SSSR count). The van der Waals surface area contributed by atoms with Crippen LogP contribution in [-0.2, 0) is 6.42 Å². The molecule has 4 N–H and O–H groups in total. The van der Waals surface area contributed by atoms with Crippen LogP contribution in [0.2, 0.25) is 5.02 Å². The van der Waals surface area contributed by atoms with E-state index in [9.17, 15) is 14.7 Å². The van der Waals surface area contributed by atoms with E-state index in [0.717, 1.165) is 30.5 Å². The van der Waals surface area contributed by atoms with Crippen LogP contribution in [-0.4, -0.2) is 57.7 Å². The van der Waals surface area contributed by atoms with Crippen molar-refractivity contribution in [3.05, 3.63) is 58.5 Å². The van der Waals surface area contributed by atoms with E-state index in [1.807, 2.05) is 12.1 Å². The molecule has 10 heteroatoms. The maximum Gasteiger partial charge on any atom is 0.408 e. The Morgan fingerprint density at radius 1 is 1.32 bits per heavy atom. The molecule has 1 aliphatic carbocycles. The number of carbonyl (C=O) groups is 2. The van der Waals surface area contributed by atoms with Gasteiger partial charge < -0.3 is 25.5 Å². The fourth-order valence-corrected chi connectivity index (χ4v) is 6.22. The molecule has 2 aromatic heterocycles. The van der Waals surface area contributed by atoms with Crippen LogP contribution in [0, 0.1) is 17.8 Å². The van der Waals surface area contributed by atoms with Crippen molar-refractivity contribution in [3.63, 3.8) is 0 Å². The molecule has 0 unspecified atom stereocenters. The highest BCUT2D eigenvalue weighted by Crippen LogP contribution is 2.43. The third-order valence-corrected chi connectivity index (χ3v) is 7.94. The number of rotatable bonds is 4. The van der Waals surface area contributed by atoms with Gasteiger partial charge in [-0.3, -0.25) is 14.7 Å². The van der Waals surface area contributed by atoms with Crippen molar-refractivity contribution >= 4 is 35.0 Å². The molecule has 1 saturated carbocycles. The smallest absolute Gasteiger partial charge is 0.408 e.